The van der Waals surface area contributed by atoms with Gasteiger partial charge in [0.1, 0.15) is 0 Å². The summed E-state index contributed by atoms with van der Waals surface area (Å²) in [6.45, 7) is 1.71. The summed E-state index contributed by atoms with van der Waals surface area (Å²) in [4.78, 5) is 4.28. The highest BCUT2D eigenvalue weighted by atomic mass is 16.5. The van der Waals surface area contributed by atoms with Crippen LogP contribution >= 0.6 is 0 Å². The minimum absolute atomic E-state index is 0.771. The Balaban J connectivity index is 2.03. The van der Waals surface area contributed by atoms with Gasteiger partial charge in [-0.2, -0.15) is 0 Å². The van der Waals surface area contributed by atoms with Gasteiger partial charge in [0.2, 0.25) is 0 Å². The average molecular weight is 245 g/mol. The zero-order chi connectivity index (χ0) is 12.8. The largest absolute Gasteiger partial charge is 0.397 e. The second kappa shape index (κ2) is 6.21. The molecule has 0 aliphatic heterocycles. The SMILES string of the molecule is COCCCCNc1ccc2ncccc2c1N. The lowest BCUT2D eigenvalue weighted by atomic mass is 10.1. The Morgan fingerprint density at radius 1 is 1.28 bits per heavy atom. The standard InChI is InChI=1S/C14H19N3O/c1-18-10-3-2-8-17-13-7-6-12-11(14(13)15)5-4-9-16-12/h4-7,9,17H,2-3,8,10,15H2,1H3. The van der Waals surface area contributed by atoms with E-state index in [1.807, 2.05) is 24.3 Å². The maximum atomic E-state index is 6.13. The predicted octanol–water partition coefficient (Wildman–Crippen LogP) is 2.66. The molecule has 96 valence electrons. The Bertz CT molecular complexity index is 513. The maximum absolute atomic E-state index is 6.13. The van der Waals surface area contributed by atoms with Gasteiger partial charge in [-0.1, -0.05) is 0 Å². The molecule has 1 aromatic carbocycles. The molecule has 0 aliphatic rings. The molecule has 0 radical (unpaired) electrons. The summed E-state index contributed by atoms with van der Waals surface area (Å²) in [5.41, 5.74) is 8.81. The van der Waals surface area contributed by atoms with Crippen LogP contribution in [0.4, 0.5) is 11.4 Å². The lowest BCUT2D eigenvalue weighted by molar-refractivity contribution is 0.194. The molecule has 0 bridgehead atoms. The first kappa shape index (κ1) is 12.6. The molecule has 0 saturated heterocycles. The zero-order valence-electron chi connectivity index (χ0n) is 10.6. The molecule has 0 atom stereocenters. The first-order chi connectivity index (χ1) is 8.83. The molecular formula is C14H19N3O. The zero-order valence-corrected chi connectivity index (χ0v) is 10.6. The lowest BCUT2D eigenvalue weighted by Crippen LogP contribution is -2.05. The number of fused-ring (bicyclic) bond motifs is 1. The van der Waals surface area contributed by atoms with E-state index in [0.29, 0.717) is 0 Å². The van der Waals surface area contributed by atoms with E-state index >= 15 is 0 Å². The van der Waals surface area contributed by atoms with Gasteiger partial charge in [0.15, 0.2) is 0 Å². The van der Waals surface area contributed by atoms with E-state index in [9.17, 15) is 0 Å². The summed E-state index contributed by atoms with van der Waals surface area (Å²) in [7, 11) is 1.72. The highest BCUT2D eigenvalue weighted by Crippen LogP contribution is 2.27. The molecule has 0 saturated carbocycles. The molecule has 18 heavy (non-hydrogen) atoms. The van der Waals surface area contributed by atoms with Crippen LogP contribution in [-0.2, 0) is 4.74 Å². The van der Waals surface area contributed by atoms with E-state index in [4.69, 9.17) is 10.5 Å². The van der Waals surface area contributed by atoms with Crippen LogP contribution in [0.1, 0.15) is 12.8 Å². The van der Waals surface area contributed by atoms with Gasteiger partial charge in [-0.25, -0.2) is 0 Å². The minimum atomic E-state index is 0.771. The van der Waals surface area contributed by atoms with E-state index < -0.39 is 0 Å². The highest BCUT2D eigenvalue weighted by Gasteiger charge is 2.03. The molecule has 1 heterocycles. The van der Waals surface area contributed by atoms with Crippen LogP contribution in [0.2, 0.25) is 0 Å². The number of rotatable bonds is 6. The Hall–Kier alpha value is -1.81. The first-order valence-electron chi connectivity index (χ1n) is 6.19. The third-order valence-corrected chi connectivity index (χ3v) is 2.92. The number of nitrogens with two attached hydrogens (primary N) is 1. The molecule has 3 N–H and O–H groups in total. The molecule has 0 spiro atoms. The second-order valence-corrected chi connectivity index (χ2v) is 4.22. The Kier molecular flexibility index (Phi) is 4.36. The normalized spacial score (nSPS) is 10.7. The molecule has 2 aromatic rings. The van der Waals surface area contributed by atoms with Gasteiger partial charge in [-0.3, -0.25) is 4.98 Å². The molecule has 0 amide bonds. The number of ether oxygens (including phenoxy) is 1. The summed E-state index contributed by atoms with van der Waals surface area (Å²) in [6, 6.07) is 7.87. The fourth-order valence-electron chi connectivity index (χ4n) is 1.92. The van der Waals surface area contributed by atoms with Gasteiger partial charge in [0.05, 0.1) is 16.9 Å². The van der Waals surface area contributed by atoms with Crippen molar-refractivity contribution >= 4 is 22.3 Å². The number of methoxy groups -OCH3 is 1. The van der Waals surface area contributed by atoms with Crippen molar-refractivity contribution in [2.45, 2.75) is 12.8 Å². The van der Waals surface area contributed by atoms with Gasteiger partial charge >= 0.3 is 0 Å². The van der Waals surface area contributed by atoms with Crippen molar-refractivity contribution in [2.24, 2.45) is 0 Å². The van der Waals surface area contributed by atoms with Crippen LogP contribution in [0.15, 0.2) is 30.5 Å². The van der Waals surface area contributed by atoms with Crippen LogP contribution in [0.5, 0.6) is 0 Å². The van der Waals surface area contributed by atoms with Crippen molar-refractivity contribution in [3.63, 3.8) is 0 Å². The van der Waals surface area contributed by atoms with Crippen LogP contribution in [0.3, 0.4) is 0 Å². The summed E-state index contributed by atoms with van der Waals surface area (Å²) < 4.78 is 5.01. The summed E-state index contributed by atoms with van der Waals surface area (Å²) in [5.74, 6) is 0. The van der Waals surface area contributed by atoms with Gasteiger partial charge in [0, 0.05) is 31.8 Å². The van der Waals surface area contributed by atoms with Crippen molar-refractivity contribution in [1.29, 1.82) is 0 Å². The number of benzene rings is 1. The predicted molar refractivity (Wildman–Crippen MR) is 75.8 cm³/mol. The first-order valence-corrected chi connectivity index (χ1v) is 6.19. The molecule has 2 rings (SSSR count). The molecule has 4 nitrogen and oxygen atoms in total. The summed E-state index contributed by atoms with van der Waals surface area (Å²) in [6.07, 6.45) is 3.90. The Morgan fingerprint density at radius 3 is 3.00 bits per heavy atom. The molecule has 1 aromatic heterocycles. The van der Waals surface area contributed by atoms with E-state index in [0.717, 1.165) is 48.3 Å². The number of hydrogen-bond acceptors (Lipinski definition) is 4. The number of nitrogens with zero attached hydrogens (tertiary/aromatic N) is 1. The third kappa shape index (κ3) is 2.90. The van der Waals surface area contributed by atoms with Gasteiger partial charge in [-0.15, -0.1) is 0 Å². The third-order valence-electron chi connectivity index (χ3n) is 2.92. The monoisotopic (exact) mass is 245 g/mol. The van der Waals surface area contributed by atoms with Gasteiger partial charge in [-0.05, 0) is 37.1 Å². The fourth-order valence-corrected chi connectivity index (χ4v) is 1.92. The summed E-state index contributed by atoms with van der Waals surface area (Å²) in [5, 5.41) is 4.36. The van der Waals surface area contributed by atoms with E-state index in [1.165, 1.54) is 0 Å². The van der Waals surface area contributed by atoms with Gasteiger partial charge in [0.25, 0.3) is 0 Å². The van der Waals surface area contributed by atoms with Crippen molar-refractivity contribution < 1.29 is 4.74 Å². The second-order valence-electron chi connectivity index (χ2n) is 4.22. The van der Waals surface area contributed by atoms with Crippen LogP contribution in [0.25, 0.3) is 10.9 Å². The maximum Gasteiger partial charge on any atom is 0.0724 e. The quantitative estimate of drug-likeness (QED) is 0.606. The topological polar surface area (TPSA) is 60.2 Å². The van der Waals surface area contributed by atoms with Crippen molar-refractivity contribution in [3.8, 4) is 0 Å². The van der Waals surface area contributed by atoms with Gasteiger partial charge < -0.3 is 15.8 Å². The molecule has 0 fully saturated rings. The number of hydrogen-bond donors (Lipinski definition) is 2. The minimum Gasteiger partial charge on any atom is -0.397 e. The molecule has 0 unspecified atom stereocenters. The van der Waals surface area contributed by atoms with Crippen molar-refractivity contribution in [3.05, 3.63) is 30.5 Å². The number of aromatic nitrogens is 1. The van der Waals surface area contributed by atoms with E-state index in [1.54, 1.807) is 13.3 Å². The summed E-state index contributed by atoms with van der Waals surface area (Å²) >= 11 is 0. The van der Waals surface area contributed by atoms with Crippen LogP contribution < -0.4 is 11.1 Å². The number of nitrogens with one attached hydrogen (secondary N) is 1. The van der Waals surface area contributed by atoms with Crippen molar-refractivity contribution in [2.75, 3.05) is 31.3 Å². The number of unbranched alkanes of at least 4 members (excludes halogenated alkanes) is 1. The molecule has 4 heteroatoms. The lowest BCUT2D eigenvalue weighted by Gasteiger charge is -2.11. The molecule has 0 aliphatic carbocycles. The van der Waals surface area contributed by atoms with E-state index in [-0.39, 0.29) is 0 Å². The Labute approximate surface area is 107 Å². The fraction of sp³-hybridized carbons (Fsp3) is 0.357. The van der Waals surface area contributed by atoms with Crippen molar-refractivity contribution in [1.82, 2.24) is 4.98 Å². The molecular weight excluding hydrogens is 226 g/mol. The van der Waals surface area contributed by atoms with Crippen LogP contribution in [0, 0.1) is 0 Å². The number of pyridine rings is 1. The van der Waals surface area contributed by atoms with Crippen LogP contribution in [-0.4, -0.2) is 25.2 Å². The smallest absolute Gasteiger partial charge is 0.0724 e. The number of anilines is 2. The average Bonchev–Trinajstić information content (AvgIpc) is 2.41. The Morgan fingerprint density at radius 2 is 2.17 bits per heavy atom. The van der Waals surface area contributed by atoms with E-state index in [2.05, 4.69) is 10.3 Å². The number of nitrogen functional groups attached to an aromatic ring is 1. The highest BCUT2D eigenvalue weighted by molar-refractivity contribution is 5.96.